The lowest BCUT2D eigenvalue weighted by molar-refractivity contribution is -0.136. The van der Waals surface area contributed by atoms with Gasteiger partial charge < -0.3 is 9.88 Å². The molecule has 0 aliphatic carbocycles. The Morgan fingerprint density at radius 3 is 2.36 bits per heavy atom. The van der Waals surface area contributed by atoms with E-state index >= 15 is 0 Å². The number of amides is 1. The van der Waals surface area contributed by atoms with Crippen LogP contribution in [0.5, 0.6) is 0 Å². The largest absolute Gasteiger partial charge is 0.418 e. The van der Waals surface area contributed by atoms with Gasteiger partial charge in [0.2, 0.25) is 0 Å². The fraction of sp³-hybridized carbons (Fsp3) is 0.143. The Morgan fingerprint density at radius 1 is 1.00 bits per heavy atom. The summed E-state index contributed by atoms with van der Waals surface area (Å²) in [4.78, 5) is 24.6. The second-order valence-corrected chi connectivity index (χ2v) is 6.37. The Kier molecular flexibility index (Phi) is 5.35. The first kappa shape index (κ1) is 19.4. The van der Waals surface area contributed by atoms with Gasteiger partial charge in [0, 0.05) is 12.3 Å². The Morgan fingerprint density at radius 2 is 1.68 bits per heavy atom. The molecule has 0 aliphatic heterocycles. The van der Waals surface area contributed by atoms with Gasteiger partial charge in [-0.1, -0.05) is 42.0 Å². The van der Waals surface area contributed by atoms with Gasteiger partial charge in [0.05, 0.1) is 23.4 Å². The average molecular weight is 386 g/mol. The van der Waals surface area contributed by atoms with Crippen molar-refractivity contribution >= 4 is 11.6 Å². The molecule has 0 atom stereocenters. The number of nitrogens with one attached hydrogen (secondary N) is 1. The van der Waals surface area contributed by atoms with Crippen molar-refractivity contribution in [3.63, 3.8) is 0 Å². The van der Waals surface area contributed by atoms with Gasteiger partial charge in [-0.3, -0.25) is 9.59 Å². The maximum Gasteiger partial charge on any atom is 0.418 e. The Bertz CT molecular complexity index is 1050. The number of alkyl halides is 3. The van der Waals surface area contributed by atoms with Gasteiger partial charge in [0.25, 0.3) is 11.5 Å². The number of anilines is 1. The van der Waals surface area contributed by atoms with Gasteiger partial charge in [-0.05, 0) is 30.7 Å². The van der Waals surface area contributed by atoms with Crippen molar-refractivity contribution < 1.29 is 18.0 Å². The summed E-state index contributed by atoms with van der Waals surface area (Å²) >= 11 is 0. The van der Waals surface area contributed by atoms with Crippen LogP contribution in [-0.2, 0) is 12.7 Å². The predicted octanol–water partition coefficient (Wildman–Crippen LogP) is 4.48. The highest BCUT2D eigenvalue weighted by Crippen LogP contribution is 2.34. The SMILES string of the molecule is Cc1ccc(Cn2cc(C(=O)Nc3ccccc3C(F)(F)F)ccc2=O)cc1. The number of hydrogen-bond donors (Lipinski definition) is 1. The van der Waals surface area contributed by atoms with E-state index in [4.69, 9.17) is 0 Å². The van der Waals surface area contributed by atoms with Crippen molar-refractivity contribution in [1.82, 2.24) is 4.57 Å². The lowest BCUT2D eigenvalue weighted by Gasteiger charge is -2.14. The molecule has 1 heterocycles. The van der Waals surface area contributed by atoms with Crippen LogP contribution in [0.3, 0.4) is 0 Å². The fourth-order valence-electron chi connectivity index (χ4n) is 2.71. The molecule has 0 spiro atoms. The van der Waals surface area contributed by atoms with Gasteiger partial charge in [-0.15, -0.1) is 0 Å². The van der Waals surface area contributed by atoms with Crippen molar-refractivity contribution in [3.05, 3.63) is 99.5 Å². The average Bonchev–Trinajstić information content (AvgIpc) is 2.65. The summed E-state index contributed by atoms with van der Waals surface area (Å²) in [5.74, 6) is -0.727. The zero-order chi connectivity index (χ0) is 20.3. The normalized spacial score (nSPS) is 11.3. The van der Waals surface area contributed by atoms with Crippen LogP contribution >= 0.6 is 0 Å². The van der Waals surface area contributed by atoms with Gasteiger partial charge in [0.15, 0.2) is 0 Å². The summed E-state index contributed by atoms with van der Waals surface area (Å²) in [5, 5.41) is 2.28. The van der Waals surface area contributed by atoms with Gasteiger partial charge in [-0.2, -0.15) is 13.2 Å². The summed E-state index contributed by atoms with van der Waals surface area (Å²) in [7, 11) is 0. The Balaban J connectivity index is 1.86. The van der Waals surface area contributed by atoms with E-state index in [0.717, 1.165) is 17.2 Å². The molecule has 1 aromatic heterocycles. The van der Waals surface area contributed by atoms with Crippen LogP contribution in [0.2, 0.25) is 0 Å². The molecule has 3 aromatic rings. The summed E-state index contributed by atoms with van der Waals surface area (Å²) in [6, 6.07) is 14.8. The summed E-state index contributed by atoms with van der Waals surface area (Å²) in [6.45, 7) is 2.19. The van der Waals surface area contributed by atoms with Gasteiger partial charge >= 0.3 is 6.18 Å². The van der Waals surface area contributed by atoms with E-state index in [1.165, 1.54) is 41.1 Å². The molecule has 7 heteroatoms. The molecule has 0 saturated heterocycles. The van der Waals surface area contributed by atoms with Crippen molar-refractivity contribution in [2.75, 3.05) is 5.32 Å². The lowest BCUT2D eigenvalue weighted by atomic mass is 10.1. The van der Waals surface area contributed by atoms with Crippen LogP contribution in [0.25, 0.3) is 0 Å². The number of carbonyl (C=O) groups excluding carboxylic acids is 1. The molecular weight excluding hydrogens is 369 g/mol. The number of aryl methyl sites for hydroxylation is 1. The Hall–Kier alpha value is -3.35. The van der Waals surface area contributed by atoms with Gasteiger partial charge in [0.1, 0.15) is 0 Å². The predicted molar refractivity (Wildman–Crippen MR) is 100 cm³/mol. The third-order valence-electron chi connectivity index (χ3n) is 4.20. The number of halogens is 3. The standard InChI is InChI=1S/C21H17F3N2O2/c1-14-6-8-15(9-7-14)12-26-13-16(10-11-19(26)27)20(28)25-18-5-3-2-4-17(18)21(22,23)24/h2-11,13H,12H2,1H3,(H,25,28). The molecular formula is C21H17F3N2O2. The molecule has 4 nitrogen and oxygen atoms in total. The highest BCUT2D eigenvalue weighted by molar-refractivity contribution is 6.04. The first-order chi connectivity index (χ1) is 13.2. The minimum Gasteiger partial charge on any atom is -0.321 e. The zero-order valence-corrected chi connectivity index (χ0v) is 15.0. The van der Waals surface area contributed by atoms with Crippen LogP contribution in [0, 0.1) is 6.92 Å². The number of benzene rings is 2. The highest BCUT2D eigenvalue weighted by Gasteiger charge is 2.33. The van der Waals surface area contributed by atoms with Crippen molar-refractivity contribution in [1.29, 1.82) is 0 Å². The summed E-state index contributed by atoms with van der Waals surface area (Å²) in [5.41, 5.74) is 0.448. The van der Waals surface area contributed by atoms with E-state index in [9.17, 15) is 22.8 Å². The van der Waals surface area contributed by atoms with Gasteiger partial charge in [-0.25, -0.2) is 0 Å². The molecule has 0 aliphatic rings. The third kappa shape index (κ3) is 4.49. The van der Waals surface area contributed by atoms with E-state index in [1.807, 2.05) is 31.2 Å². The first-order valence-corrected chi connectivity index (χ1v) is 8.47. The van der Waals surface area contributed by atoms with E-state index in [2.05, 4.69) is 5.32 Å². The first-order valence-electron chi connectivity index (χ1n) is 8.47. The zero-order valence-electron chi connectivity index (χ0n) is 15.0. The lowest BCUT2D eigenvalue weighted by Crippen LogP contribution is -2.23. The fourth-order valence-corrected chi connectivity index (χ4v) is 2.71. The molecule has 28 heavy (non-hydrogen) atoms. The molecule has 1 N–H and O–H groups in total. The van der Waals surface area contributed by atoms with Crippen LogP contribution in [-0.4, -0.2) is 10.5 Å². The second kappa shape index (κ2) is 7.72. The molecule has 144 valence electrons. The number of carbonyl (C=O) groups is 1. The number of rotatable bonds is 4. The monoisotopic (exact) mass is 386 g/mol. The van der Waals surface area contributed by atoms with Crippen LogP contribution in [0.1, 0.15) is 27.0 Å². The number of hydrogen-bond acceptors (Lipinski definition) is 2. The number of nitrogens with zero attached hydrogens (tertiary/aromatic N) is 1. The minimum absolute atomic E-state index is 0.0867. The summed E-state index contributed by atoms with van der Waals surface area (Å²) < 4.78 is 40.6. The van der Waals surface area contributed by atoms with Crippen LogP contribution < -0.4 is 10.9 Å². The second-order valence-electron chi connectivity index (χ2n) is 6.37. The molecule has 0 bridgehead atoms. The molecule has 0 radical (unpaired) electrons. The number of aromatic nitrogens is 1. The molecule has 2 aromatic carbocycles. The molecule has 3 rings (SSSR count). The minimum atomic E-state index is -4.59. The number of pyridine rings is 1. The van der Waals surface area contributed by atoms with Crippen LogP contribution in [0.15, 0.2) is 71.7 Å². The molecule has 0 unspecified atom stereocenters. The van der Waals surface area contributed by atoms with E-state index in [0.29, 0.717) is 0 Å². The summed E-state index contributed by atoms with van der Waals surface area (Å²) in [6.07, 6.45) is -3.25. The van der Waals surface area contributed by atoms with Crippen LogP contribution in [0.4, 0.5) is 18.9 Å². The molecule has 0 saturated carbocycles. The highest BCUT2D eigenvalue weighted by atomic mass is 19.4. The third-order valence-corrected chi connectivity index (χ3v) is 4.20. The van der Waals surface area contributed by atoms with Crippen molar-refractivity contribution in [2.24, 2.45) is 0 Å². The Labute approximate surface area is 159 Å². The van der Waals surface area contributed by atoms with E-state index in [1.54, 1.807) is 0 Å². The topological polar surface area (TPSA) is 51.1 Å². The smallest absolute Gasteiger partial charge is 0.321 e. The van der Waals surface area contributed by atoms with Crippen molar-refractivity contribution in [2.45, 2.75) is 19.6 Å². The van der Waals surface area contributed by atoms with E-state index in [-0.39, 0.29) is 23.4 Å². The maximum absolute atomic E-state index is 13.1. The van der Waals surface area contributed by atoms with Crippen molar-refractivity contribution in [3.8, 4) is 0 Å². The maximum atomic E-state index is 13.1. The molecule has 0 fully saturated rings. The quantitative estimate of drug-likeness (QED) is 0.719. The molecule has 1 amide bonds. The van der Waals surface area contributed by atoms with E-state index < -0.39 is 17.6 Å². The number of para-hydroxylation sites is 1.